The average molecular weight is 443 g/mol. The highest BCUT2D eigenvalue weighted by Gasteiger charge is 2.16. The van der Waals surface area contributed by atoms with Crippen LogP contribution in [0.1, 0.15) is 43.4 Å². The van der Waals surface area contributed by atoms with Crippen molar-refractivity contribution in [2.45, 2.75) is 26.7 Å². The molecule has 0 bridgehead atoms. The lowest BCUT2D eigenvalue weighted by Crippen LogP contribution is -2.40. The molecule has 2 amide bonds. The monoisotopic (exact) mass is 442 g/mol. The summed E-state index contributed by atoms with van der Waals surface area (Å²) in [7, 11) is 1.68. The fourth-order valence-electron chi connectivity index (χ4n) is 4.01. The first-order valence-electron chi connectivity index (χ1n) is 11.7. The Bertz CT molecular complexity index is 1030. The van der Waals surface area contributed by atoms with Gasteiger partial charge in [0.05, 0.1) is 7.11 Å². The van der Waals surface area contributed by atoms with Crippen molar-refractivity contribution in [1.29, 1.82) is 0 Å². The number of ether oxygens (including phenoxy) is 1. The van der Waals surface area contributed by atoms with Gasteiger partial charge in [0.25, 0.3) is 0 Å². The number of benzene rings is 3. The van der Waals surface area contributed by atoms with E-state index in [1.165, 1.54) is 11.1 Å². The van der Waals surface area contributed by atoms with E-state index in [4.69, 9.17) is 4.74 Å². The largest absolute Gasteiger partial charge is 0.497 e. The highest BCUT2D eigenvalue weighted by atomic mass is 16.5. The summed E-state index contributed by atoms with van der Waals surface area (Å²) in [6.07, 6.45) is 1.67. The molecule has 0 unspecified atom stereocenters. The van der Waals surface area contributed by atoms with E-state index in [1.54, 1.807) is 7.11 Å². The molecule has 0 atom stereocenters. The molecule has 0 aliphatic heterocycles. The lowest BCUT2D eigenvalue weighted by Gasteiger charge is -2.22. The van der Waals surface area contributed by atoms with Gasteiger partial charge in [-0.05, 0) is 59.7 Å². The minimum absolute atomic E-state index is 0.00234. The van der Waals surface area contributed by atoms with Crippen LogP contribution in [0.25, 0.3) is 11.1 Å². The van der Waals surface area contributed by atoms with Crippen LogP contribution in [-0.2, 0) is 0 Å². The van der Waals surface area contributed by atoms with Crippen LogP contribution >= 0.6 is 0 Å². The molecule has 0 radical (unpaired) electrons. The van der Waals surface area contributed by atoms with Crippen molar-refractivity contribution in [3.8, 4) is 5.75 Å². The molecule has 4 heteroatoms. The van der Waals surface area contributed by atoms with Crippen molar-refractivity contribution in [2.24, 2.45) is 0 Å². The maximum atomic E-state index is 12.6. The summed E-state index contributed by atoms with van der Waals surface area (Å²) in [5.74, 6) is 0.829. The summed E-state index contributed by atoms with van der Waals surface area (Å²) in [4.78, 5) is 14.5. The van der Waals surface area contributed by atoms with Crippen LogP contribution in [0.4, 0.5) is 4.79 Å². The standard InChI is InChI=1S/C29H34N2O2/c1-4-22-31(5-2)29(32)30-21-20-27(23-12-8-6-9-13-23)28(24-14-10-7-11-15-24)25-16-18-26(33-3)19-17-25/h6-19H,4-5,20-22H2,1-3H3,(H,30,32)/b28-27-. The molecule has 0 aliphatic rings. The van der Waals surface area contributed by atoms with E-state index < -0.39 is 0 Å². The molecule has 0 saturated carbocycles. The molecule has 0 fully saturated rings. The first-order valence-corrected chi connectivity index (χ1v) is 11.7. The number of nitrogens with one attached hydrogen (secondary N) is 1. The predicted octanol–water partition coefficient (Wildman–Crippen LogP) is 6.49. The fourth-order valence-corrected chi connectivity index (χ4v) is 4.01. The Balaban J connectivity index is 2.01. The lowest BCUT2D eigenvalue weighted by atomic mass is 9.88. The van der Waals surface area contributed by atoms with Crippen molar-refractivity contribution in [2.75, 3.05) is 26.7 Å². The smallest absolute Gasteiger partial charge is 0.317 e. The molecule has 1 N–H and O–H groups in total. The molecule has 0 aliphatic carbocycles. The van der Waals surface area contributed by atoms with Gasteiger partial charge < -0.3 is 15.0 Å². The van der Waals surface area contributed by atoms with E-state index in [9.17, 15) is 4.79 Å². The molecule has 0 spiro atoms. The first kappa shape index (κ1) is 24.1. The van der Waals surface area contributed by atoms with Crippen LogP contribution in [0.3, 0.4) is 0 Å². The van der Waals surface area contributed by atoms with Crippen LogP contribution in [-0.4, -0.2) is 37.7 Å². The van der Waals surface area contributed by atoms with Crippen LogP contribution < -0.4 is 10.1 Å². The van der Waals surface area contributed by atoms with E-state index in [0.29, 0.717) is 13.1 Å². The Labute approximate surface area is 197 Å². The van der Waals surface area contributed by atoms with Gasteiger partial charge in [-0.1, -0.05) is 79.7 Å². The third-order valence-corrected chi connectivity index (χ3v) is 5.68. The molecule has 4 nitrogen and oxygen atoms in total. The molecule has 3 aromatic carbocycles. The molecule has 0 heterocycles. The van der Waals surface area contributed by atoms with E-state index in [0.717, 1.165) is 41.8 Å². The van der Waals surface area contributed by atoms with Crippen LogP contribution in [0.5, 0.6) is 5.75 Å². The zero-order chi connectivity index (χ0) is 23.5. The zero-order valence-electron chi connectivity index (χ0n) is 19.9. The molecule has 172 valence electrons. The third kappa shape index (κ3) is 6.48. The number of nitrogens with zero attached hydrogens (tertiary/aromatic N) is 1. The molecular weight excluding hydrogens is 408 g/mol. The second-order valence-corrected chi connectivity index (χ2v) is 7.88. The minimum atomic E-state index is -0.00234. The van der Waals surface area contributed by atoms with Gasteiger partial charge >= 0.3 is 6.03 Å². The van der Waals surface area contributed by atoms with E-state index >= 15 is 0 Å². The topological polar surface area (TPSA) is 41.6 Å². The maximum absolute atomic E-state index is 12.6. The number of carbonyl (C=O) groups is 1. The van der Waals surface area contributed by atoms with E-state index in [-0.39, 0.29) is 6.03 Å². The van der Waals surface area contributed by atoms with E-state index in [1.807, 2.05) is 36.1 Å². The summed E-state index contributed by atoms with van der Waals surface area (Å²) in [6, 6.07) is 29.0. The highest BCUT2D eigenvalue weighted by Crippen LogP contribution is 2.34. The van der Waals surface area contributed by atoms with Crippen LogP contribution in [0.2, 0.25) is 0 Å². The lowest BCUT2D eigenvalue weighted by molar-refractivity contribution is 0.201. The summed E-state index contributed by atoms with van der Waals surface area (Å²) in [5, 5.41) is 3.13. The average Bonchev–Trinajstić information content (AvgIpc) is 2.88. The Morgan fingerprint density at radius 2 is 1.39 bits per heavy atom. The van der Waals surface area contributed by atoms with Gasteiger partial charge in [0.15, 0.2) is 0 Å². The zero-order valence-corrected chi connectivity index (χ0v) is 19.9. The van der Waals surface area contributed by atoms with Crippen molar-refractivity contribution in [3.63, 3.8) is 0 Å². The number of carbonyl (C=O) groups excluding carboxylic acids is 1. The first-order chi connectivity index (χ1) is 16.2. The van der Waals surface area contributed by atoms with Crippen molar-refractivity contribution in [3.05, 3.63) is 102 Å². The minimum Gasteiger partial charge on any atom is -0.497 e. The number of rotatable bonds is 10. The molecule has 3 aromatic rings. The summed E-state index contributed by atoms with van der Waals surface area (Å²) >= 11 is 0. The Morgan fingerprint density at radius 1 is 0.818 bits per heavy atom. The Morgan fingerprint density at radius 3 is 1.94 bits per heavy atom. The fraction of sp³-hybridized carbons (Fsp3) is 0.276. The number of amides is 2. The van der Waals surface area contributed by atoms with Crippen molar-refractivity contribution >= 4 is 17.2 Å². The number of urea groups is 1. The second kappa shape index (κ2) is 12.5. The van der Waals surface area contributed by atoms with Crippen molar-refractivity contribution in [1.82, 2.24) is 10.2 Å². The highest BCUT2D eigenvalue weighted by molar-refractivity contribution is 5.98. The molecule has 33 heavy (non-hydrogen) atoms. The maximum Gasteiger partial charge on any atom is 0.317 e. The number of methoxy groups -OCH3 is 1. The van der Waals surface area contributed by atoms with Gasteiger partial charge in [0.1, 0.15) is 5.75 Å². The van der Waals surface area contributed by atoms with Gasteiger partial charge in [0.2, 0.25) is 0 Å². The van der Waals surface area contributed by atoms with Crippen molar-refractivity contribution < 1.29 is 9.53 Å². The SMILES string of the molecule is CCCN(CC)C(=O)NCC/C(=C(\c1ccccc1)c1ccc(OC)cc1)c1ccccc1. The third-order valence-electron chi connectivity index (χ3n) is 5.68. The summed E-state index contributed by atoms with van der Waals surface area (Å²) < 4.78 is 5.38. The van der Waals surface area contributed by atoms with Gasteiger partial charge in [-0.25, -0.2) is 4.79 Å². The second-order valence-electron chi connectivity index (χ2n) is 7.88. The van der Waals surface area contributed by atoms with Gasteiger partial charge in [-0.3, -0.25) is 0 Å². The van der Waals surface area contributed by atoms with Crippen LogP contribution in [0.15, 0.2) is 84.9 Å². The van der Waals surface area contributed by atoms with E-state index in [2.05, 4.69) is 72.9 Å². The van der Waals surface area contributed by atoms with Crippen LogP contribution in [0, 0.1) is 0 Å². The summed E-state index contributed by atoms with van der Waals surface area (Å²) in [5.41, 5.74) is 5.79. The number of hydrogen-bond donors (Lipinski definition) is 1. The quantitative estimate of drug-likeness (QED) is 0.365. The van der Waals surface area contributed by atoms with Gasteiger partial charge in [-0.15, -0.1) is 0 Å². The predicted molar refractivity (Wildman–Crippen MR) is 137 cm³/mol. The van der Waals surface area contributed by atoms with Gasteiger partial charge in [0, 0.05) is 19.6 Å². The molecule has 0 saturated heterocycles. The summed E-state index contributed by atoms with van der Waals surface area (Å²) in [6.45, 7) is 6.15. The molecule has 0 aromatic heterocycles. The Kier molecular flexibility index (Phi) is 9.13. The number of hydrogen-bond acceptors (Lipinski definition) is 2. The molecule has 3 rings (SSSR count). The van der Waals surface area contributed by atoms with Gasteiger partial charge in [-0.2, -0.15) is 0 Å². The molecular formula is C29H34N2O2. The Hall–Kier alpha value is -3.53. The normalized spacial score (nSPS) is 11.5.